The molecule has 30 heavy (non-hydrogen) atoms. The lowest BCUT2D eigenvalue weighted by Gasteiger charge is -2.25. The van der Waals surface area contributed by atoms with Gasteiger partial charge in [-0.25, -0.2) is 13.1 Å². The molecule has 1 atom stereocenters. The molecule has 2 aromatic rings. The monoisotopic (exact) mass is 482 g/mol. The van der Waals surface area contributed by atoms with Crippen LogP contribution in [0.4, 0.5) is 13.2 Å². The van der Waals surface area contributed by atoms with Gasteiger partial charge in [0.2, 0.25) is 10.0 Å². The summed E-state index contributed by atoms with van der Waals surface area (Å²) in [6, 6.07) is 8.30. The van der Waals surface area contributed by atoms with Crippen LogP contribution in [0.15, 0.2) is 47.4 Å². The van der Waals surface area contributed by atoms with Gasteiger partial charge < -0.3 is 9.64 Å². The van der Waals surface area contributed by atoms with E-state index < -0.39 is 28.2 Å². The van der Waals surface area contributed by atoms with Gasteiger partial charge in [0.1, 0.15) is 5.75 Å². The van der Waals surface area contributed by atoms with E-state index in [4.69, 9.17) is 23.2 Å². The third-order valence-electron chi connectivity index (χ3n) is 4.65. The van der Waals surface area contributed by atoms with Crippen molar-refractivity contribution in [3.8, 4) is 5.75 Å². The molecule has 1 heterocycles. The first kappa shape index (κ1) is 23.1. The summed E-state index contributed by atoms with van der Waals surface area (Å²) in [7, 11) is -4.02. The molecule has 11 heteroatoms. The maximum atomic E-state index is 12.9. The Bertz CT molecular complexity index is 980. The molecule has 1 aliphatic rings. The highest BCUT2D eigenvalue weighted by Crippen LogP contribution is 2.29. The molecule has 0 aromatic heterocycles. The molecular formula is C19H19Cl2F3N2O3S. The van der Waals surface area contributed by atoms with Gasteiger partial charge in [-0.3, -0.25) is 0 Å². The number of nitrogens with one attached hydrogen (secondary N) is 1. The Labute approximate surface area is 182 Å². The van der Waals surface area contributed by atoms with Crippen molar-refractivity contribution in [1.29, 1.82) is 0 Å². The Kier molecular flexibility index (Phi) is 7.19. The summed E-state index contributed by atoms with van der Waals surface area (Å²) in [5.41, 5.74) is 0.636. The SMILES string of the molecule is O=S(=O)(N[C@@H](CN1CCCC1)c1ccc(Cl)c(Cl)c1)c1ccc(OC(F)(F)F)cc1. The fraction of sp³-hybridized carbons (Fsp3) is 0.368. The molecular weight excluding hydrogens is 464 g/mol. The third kappa shape index (κ3) is 6.24. The maximum Gasteiger partial charge on any atom is 0.573 e. The topological polar surface area (TPSA) is 58.6 Å². The number of benzene rings is 2. The quantitative estimate of drug-likeness (QED) is 0.602. The summed E-state index contributed by atoms with van der Waals surface area (Å²) in [6.07, 6.45) is -2.80. The normalized spacial score (nSPS) is 16.6. The van der Waals surface area contributed by atoms with Gasteiger partial charge in [0.05, 0.1) is 21.0 Å². The summed E-state index contributed by atoms with van der Waals surface area (Å²) in [6.45, 7) is 2.12. The third-order valence-corrected chi connectivity index (χ3v) is 6.88. The summed E-state index contributed by atoms with van der Waals surface area (Å²) in [4.78, 5) is 1.96. The fourth-order valence-electron chi connectivity index (χ4n) is 3.24. The second kappa shape index (κ2) is 9.32. The van der Waals surface area contributed by atoms with E-state index in [-0.39, 0.29) is 4.90 Å². The van der Waals surface area contributed by atoms with Crippen molar-refractivity contribution in [3.05, 3.63) is 58.1 Å². The molecule has 5 nitrogen and oxygen atoms in total. The fourth-order valence-corrected chi connectivity index (χ4v) is 4.76. The van der Waals surface area contributed by atoms with Crippen molar-refractivity contribution < 1.29 is 26.3 Å². The van der Waals surface area contributed by atoms with Gasteiger partial charge in [-0.05, 0) is 67.9 Å². The highest BCUT2D eigenvalue weighted by Gasteiger charge is 2.31. The van der Waals surface area contributed by atoms with Crippen LogP contribution in [0.3, 0.4) is 0 Å². The first-order valence-electron chi connectivity index (χ1n) is 9.09. The minimum atomic E-state index is -4.85. The van der Waals surface area contributed by atoms with Crippen molar-refractivity contribution in [2.24, 2.45) is 0 Å². The van der Waals surface area contributed by atoms with Gasteiger partial charge in [-0.2, -0.15) is 0 Å². The summed E-state index contributed by atoms with van der Waals surface area (Å²) < 4.78 is 69.1. The van der Waals surface area contributed by atoms with E-state index >= 15 is 0 Å². The van der Waals surface area contributed by atoms with Crippen molar-refractivity contribution in [3.63, 3.8) is 0 Å². The zero-order valence-electron chi connectivity index (χ0n) is 15.6. The number of likely N-dealkylation sites (tertiary alicyclic amines) is 1. The van der Waals surface area contributed by atoms with Crippen molar-refractivity contribution >= 4 is 33.2 Å². The molecule has 2 aromatic carbocycles. The van der Waals surface area contributed by atoms with Gasteiger partial charge in [0.25, 0.3) is 0 Å². The molecule has 0 aliphatic carbocycles. The number of rotatable bonds is 7. The van der Waals surface area contributed by atoms with E-state index in [9.17, 15) is 21.6 Å². The molecule has 0 amide bonds. The standard InChI is InChI=1S/C19H19Cl2F3N2O3S/c20-16-8-3-13(11-17(16)21)18(12-26-9-1-2-10-26)25-30(27,28)15-6-4-14(5-7-15)29-19(22,23)24/h3-8,11,18,25H,1-2,9-10,12H2/t18-/m0/s1. The number of alkyl halides is 3. The minimum absolute atomic E-state index is 0.177. The largest absolute Gasteiger partial charge is 0.573 e. The van der Waals surface area contributed by atoms with E-state index in [0.717, 1.165) is 50.2 Å². The van der Waals surface area contributed by atoms with Gasteiger partial charge in [-0.15, -0.1) is 13.2 Å². The Hall–Kier alpha value is -1.52. The lowest BCUT2D eigenvalue weighted by Crippen LogP contribution is -2.37. The van der Waals surface area contributed by atoms with E-state index in [2.05, 4.69) is 14.4 Å². The number of hydrogen-bond acceptors (Lipinski definition) is 4. The van der Waals surface area contributed by atoms with Crippen LogP contribution in [0.1, 0.15) is 24.4 Å². The minimum Gasteiger partial charge on any atom is -0.406 e. The van der Waals surface area contributed by atoms with Crippen LogP contribution in [0.2, 0.25) is 10.0 Å². The Balaban J connectivity index is 1.83. The van der Waals surface area contributed by atoms with E-state index in [1.54, 1.807) is 18.2 Å². The number of nitrogens with zero attached hydrogens (tertiary/aromatic N) is 1. The van der Waals surface area contributed by atoms with Crippen LogP contribution >= 0.6 is 23.2 Å². The number of ether oxygens (including phenoxy) is 1. The van der Waals surface area contributed by atoms with Crippen LogP contribution in [-0.4, -0.2) is 39.3 Å². The summed E-state index contributed by atoms with van der Waals surface area (Å²) in [5.74, 6) is -0.500. The molecule has 0 radical (unpaired) electrons. The lowest BCUT2D eigenvalue weighted by molar-refractivity contribution is -0.274. The molecule has 1 saturated heterocycles. The van der Waals surface area contributed by atoms with Crippen LogP contribution in [-0.2, 0) is 10.0 Å². The highest BCUT2D eigenvalue weighted by atomic mass is 35.5. The number of halogens is 5. The molecule has 3 rings (SSSR count). The Morgan fingerprint density at radius 3 is 2.23 bits per heavy atom. The summed E-state index contributed by atoms with van der Waals surface area (Å²) >= 11 is 12.1. The number of sulfonamides is 1. The highest BCUT2D eigenvalue weighted by molar-refractivity contribution is 7.89. The maximum absolute atomic E-state index is 12.9. The summed E-state index contributed by atoms with van der Waals surface area (Å²) in [5, 5.41) is 0.650. The van der Waals surface area contributed by atoms with Crippen molar-refractivity contribution in [2.75, 3.05) is 19.6 Å². The Morgan fingerprint density at radius 2 is 1.67 bits per heavy atom. The lowest BCUT2D eigenvalue weighted by atomic mass is 10.1. The molecule has 1 fully saturated rings. The van der Waals surface area contributed by atoms with E-state index in [0.29, 0.717) is 22.2 Å². The smallest absolute Gasteiger partial charge is 0.406 e. The molecule has 0 spiro atoms. The predicted octanol–water partition coefficient (Wildman–Crippen LogP) is 5.01. The van der Waals surface area contributed by atoms with E-state index in [1.807, 2.05) is 0 Å². The molecule has 164 valence electrons. The van der Waals surface area contributed by atoms with Crippen molar-refractivity contribution in [1.82, 2.24) is 9.62 Å². The molecule has 1 aliphatic heterocycles. The van der Waals surface area contributed by atoms with Gasteiger partial charge in [0, 0.05) is 6.54 Å². The average molecular weight is 483 g/mol. The first-order chi connectivity index (χ1) is 14.0. The molecule has 0 bridgehead atoms. The molecule has 0 unspecified atom stereocenters. The van der Waals surface area contributed by atoms with Gasteiger partial charge in [-0.1, -0.05) is 29.3 Å². The average Bonchev–Trinajstić information content (AvgIpc) is 3.15. The van der Waals surface area contributed by atoms with Crippen LogP contribution < -0.4 is 9.46 Å². The number of hydrogen-bond donors (Lipinski definition) is 1. The zero-order valence-corrected chi connectivity index (χ0v) is 18.0. The molecule has 1 N–H and O–H groups in total. The zero-order chi connectivity index (χ0) is 21.9. The van der Waals surface area contributed by atoms with Crippen LogP contribution in [0.5, 0.6) is 5.75 Å². The van der Waals surface area contributed by atoms with Crippen LogP contribution in [0, 0.1) is 0 Å². The first-order valence-corrected chi connectivity index (χ1v) is 11.3. The van der Waals surface area contributed by atoms with E-state index in [1.165, 1.54) is 0 Å². The van der Waals surface area contributed by atoms with Crippen LogP contribution in [0.25, 0.3) is 0 Å². The predicted molar refractivity (Wildman–Crippen MR) is 108 cm³/mol. The Morgan fingerprint density at radius 1 is 1.03 bits per heavy atom. The molecule has 0 saturated carbocycles. The van der Waals surface area contributed by atoms with Gasteiger partial charge >= 0.3 is 6.36 Å². The van der Waals surface area contributed by atoms with Crippen molar-refractivity contribution in [2.45, 2.75) is 30.1 Å². The second-order valence-electron chi connectivity index (χ2n) is 6.87. The second-order valence-corrected chi connectivity index (χ2v) is 9.40. The van der Waals surface area contributed by atoms with Gasteiger partial charge in [0.15, 0.2) is 0 Å².